The highest BCUT2D eigenvalue weighted by Gasteiger charge is 2.13. The molecular weight excluding hydrogens is 252 g/mol. The van der Waals surface area contributed by atoms with E-state index >= 15 is 0 Å². The van der Waals surface area contributed by atoms with Crippen LogP contribution in [0, 0.1) is 11.6 Å². The number of benzene rings is 1. The summed E-state index contributed by atoms with van der Waals surface area (Å²) in [6.45, 7) is 0.847. The summed E-state index contributed by atoms with van der Waals surface area (Å²) >= 11 is 0. The number of aryl methyl sites for hydroxylation is 1. The van der Waals surface area contributed by atoms with Gasteiger partial charge in [0.15, 0.2) is 0 Å². The van der Waals surface area contributed by atoms with Crippen LogP contribution >= 0.6 is 0 Å². The molecule has 0 aliphatic rings. The molecule has 1 aromatic heterocycles. The minimum Gasteiger partial charge on any atom is -0.425 e. The van der Waals surface area contributed by atoms with Crippen LogP contribution in [-0.2, 0) is 12.8 Å². The maximum Gasteiger partial charge on any atom is 0.221 e. The number of rotatable bonds is 6. The molecule has 0 saturated carbocycles. The van der Waals surface area contributed by atoms with Crippen molar-refractivity contribution in [3.63, 3.8) is 0 Å². The minimum atomic E-state index is -0.602. The van der Waals surface area contributed by atoms with Crippen molar-refractivity contribution in [3.8, 4) is 0 Å². The summed E-state index contributed by atoms with van der Waals surface area (Å²) in [7, 11) is 1.86. The fraction of sp³-hybridized carbons (Fsp3) is 0.385. The normalized spacial score (nSPS) is 10.9. The summed E-state index contributed by atoms with van der Waals surface area (Å²) in [5.41, 5.74) is -0.0482. The molecule has 1 N–H and O–H groups in total. The number of nitrogens with one attached hydrogen (secondary N) is 1. The van der Waals surface area contributed by atoms with E-state index < -0.39 is 11.6 Å². The second-order valence-corrected chi connectivity index (χ2v) is 4.17. The number of hydrogen-bond acceptors (Lipinski definition) is 4. The maximum atomic E-state index is 13.5. The van der Waals surface area contributed by atoms with Gasteiger partial charge in [-0.05, 0) is 32.1 Å². The first-order valence-corrected chi connectivity index (χ1v) is 6.09. The summed E-state index contributed by atoms with van der Waals surface area (Å²) in [6, 6.07) is 3.75. The van der Waals surface area contributed by atoms with E-state index in [1.807, 2.05) is 7.05 Å². The van der Waals surface area contributed by atoms with Gasteiger partial charge in [-0.3, -0.25) is 0 Å². The lowest BCUT2D eigenvalue weighted by Gasteiger charge is -2.00. The van der Waals surface area contributed by atoms with Gasteiger partial charge in [0, 0.05) is 12.0 Å². The Morgan fingerprint density at radius 1 is 1.16 bits per heavy atom. The molecule has 0 spiro atoms. The molecule has 0 fully saturated rings. The van der Waals surface area contributed by atoms with Crippen molar-refractivity contribution in [3.05, 3.63) is 47.2 Å². The Bertz CT molecular complexity index is 522. The van der Waals surface area contributed by atoms with E-state index in [2.05, 4.69) is 15.5 Å². The molecule has 0 radical (unpaired) electrons. The molecule has 0 bridgehead atoms. The van der Waals surface area contributed by atoms with Gasteiger partial charge in [0.05, 0.1) is 6.42 Å². The number of hydrogen-bond donors (Lipinski definition) is 1. The number of halogens is 2. The molecule has 0 saturated heterocycles. The summed E-state index contributed by atoms with van der Waals surface area (Å²) in [5.74, 6) is -0.490. The van der Waals surface area contributed by atoms with E-state index in [0.29, 0.717) is 12.3 Å². The van der Waals surface area contributed by atoms with Gasteiger partial charge in [-0.25, -0.2) is 8.78 Å². The van der Waals surface area contributed by atoms with Crippen molar-refractivity contribution in [1.82, 2.24) is 15.5 Å². The smallest absolute Gasteiger partial charge is 0.221 e. The summed E-state index contributed by atoms with van der Waals surface area (Å²) < 4.78 is 32.3. The first-order valence-electron chi connectivity index (χ1n) is 6.09. The van der Waals surface area contributed by atoms with Crippen molar-refractivity contribution < 1.29 is 13.2 Å². The SMILES string of the molecule is CNCCCc1nnc(Cc2c(F)cccc2F)o1. The van der Waals surface area contributed by atoms with E-state index in [0.717, 1.165) is 13.0 Å². The molecule has 19 heavy (non-hydrogen) atoms. The quantitative estimate of drug-likeness (QED) is 0.814. The zero-order valence-corrected chi connectivity index (χ0v) is 10.6. The van der Waals surface area contributed by atoms with Crippen LogP contribution in [0.15, 0.2) is 22.6 Å². The highest BCUT2D eigenvalue weighted by molar-refractivity contribution is 5.22. The Balaban J connectivity index is 2.03. The number of nitrogens with zero attached hydrogens (tertiary/aromatic N) is 2. The van der Waals surface area contributed by atoms with Crippen LogP contribution in [0.3, 0.4) is 0 Å². The van der Waals surface area contributed by atoms with Crippen molar-refractivity contribution in [2.45, 2.75) is 19.3 Å². The molecule has 2 aromatic rings. The predicted octanol–water partition coefficient (Wildman–Crippen LogP) is 2.09. The third-order valence-electron chi connectivity index (χ3n) is 2.72. The fourth-order valence-corrected chi connectivity index (χ4v) is 1.73. The zero-order valence-electron chi connectivity index (χ0n) is 10.6. The molecule has 2 rings (SSSR count). The molecule has 0 atom stereocenters. The van der Waals surface area contributed by atoms with Crippen LogP contribution in [0.4, 0.5) is 8.78 Å². The van der Waals surface area contributed by atoms with Crippen molar-refractivity contribution >= 4 is 0 Å². The fourth-order valence-electron chi connectivity index (χ4n) is 1.73. The minimum absolute atomic E-state index is 0.0302. The molecule has 1 aromatic carbocycles. The van der Waals surface area contributed by atoms with Gasteiger partial charge in [-0.15, -0.1) is 10.2 Å². The second-order valence-electron chi connectivity index (χ2n) is 4.17. The Morgan fingerprint density at radius 3 is 2.53 bits per heavy atom. The first-order chi connectivity index (χ1) is 9.20. The lowest BCUT2D eigenvalue weighted by atomic mass is 10.1. The standard InChI is InChI=1S/C13H15F2N3O/c1-16-7-3-6-12-17-18-13(19-12)8-9-10(14)4-2-5-11(9)15/h2,4-5,16H,3,6-8H2,1H3. The van der Waals surface area contributed by atoms with E-state index in [9.17, 15) is 8.78 Å². The van der Waals surface area contributed by atoms with Gasteiger partial charge >= 0.3 is 0 Å². The maximum absolute atomic E-state index is 13.5. The van der Waals surface area contributed by atoms with Gasteiger partial charge in [0.25, 0.3) is 0 Å². The van der Waals surface area contributed by atoms with E-state index in [1.165, 1.54) is 18.2 Å². The average Bonchev–Trinajstić information content (AvgIpc) is 2.82. The third-order valence-corrected chi connectivity index (χ3v) is 2.72. The Kier molecular flexibility index (Phi) is 4.57. The summed E-state index contributed by atoms with van der Waals surface area (Å²) in [6.07, 6.45) is 1.48. The van der Waals surface area contributed by atoms with Crippen LogP contribution < -0.4 is 5.32 Å². The second kappa shape index (κ2) is 6.38. The highest BCUT2D eigenvalue weighted by atomic mass is 19.1. The summed E-state index contributed by atoms with van der Waals surface area (Å²) in [4.78, 5) is 0. The average molecular weight is 267 g/mol. The largest absolute Gasteiger partial charge is 0.425 e. The molecule has 1 heterocycles. The third kappa shape index (κ3) is 3.57. The van der Waals surface area contributed by atoms with Gasteiger partial charge in [-0.1, -0.05) is 6.07 Å². The Labute approximate surface area is 109 Å². The highest BCUT2D eigenvalue weighted by Crippen LogP contribution is 2.16. The Hall–Kier alpha value is -1.82. The monoisotopic (exact) mass is 267 g/mol. The zero-order chi connectivity index (χ0) is 13.7. The molecule has 0 aliphatic carbocycles. The molecule has 6 heteroatoms. The van der Waals surface area contributed by atoms with Crippen LogP contribution in [0.1, 0.15) is 23.8 Å². The molecular formula is C13H15F2N3O. The van der Waals surface area contributed by atoms with Gasteiger partial charge < -0.3 is 9.73 Å². The lowest BCUT2D eigenvalue weighted by Crippen LogP contribution is -2.08. The van der Waals surface area contributed by atoms with Crippen LogP contribution in [0.2, 0.25) is 0 Å². The van der Waals surface area contributed by atoms with Gasteiger partial charge in [-0.2, -0.15) is 0 Å². The topological polar surface area (TPSA) is 51.0 Å². The molecule has 0 unspecified atom stereocenters. The first kappa shape index (κ1) is 13.6. The van der Waals surface area contributed by atoms with Crippen LogP contribution in [-0.4, -0.2) is 23.8 Å². The molecule has 0 aliphatic heterocycles. The van der Waals surface area contributed by atoms with E-state index in [1.54, 1.807) is 0 Å². The molecule has 0 amide bonds. The van der Waals surface area contributed by atoms with Crippen molar-refractivity contribution in [2.24, 2.45) is 0 Å². The van der Waals surface area contributed by atoms with E-state index in [4.69, 9.17) is 4.42 Å². The predicted molar refractivity (Wildman–Crippen MR) is 65.7 cm³/mol. The number of aromatic nitrogens is 2. The van der Waals surface area contributed by atoms with Gasteiger partial charge in [0.1, 0.15) is 11.6 Å². The van der Waals surface area contributed by atoms with Crippen LogP contribution in [0.5, 0.6) is 0 Å². The van der Waals surface area contributed by atoms with Gasteiger partial charge in [0.2, 0.25) is 11.8 Å². The lowest BCUT2D eigenvalue weighted by molar-refractivity contribution is 0.444. The summed E-state index contributed by atoms with van der Waals surface area (Å²) in [5, 5.41) is 10.7. The molecule has 4 nitrogen and oxygen atoms in total. The van der Waals surface area contributed by atoms with Crippen LogP contribution in [0.25, 0.3) is 0 Å². The Morgan fingerprint density at radius 2 is 1.84 bits per heavy atom. The van der Waals surface area contributed by atoms with Crippen molar-refractivity contribution in [2.75, 3.05) is 13.6 Å². The van der Waals surface area contributed by atoms with Crippen molar-refractivity contribution in [1.29, 1.82) is 0 Å². The molecule has 102 valence electrons. The van der Waals surface area contributed by atoms with E-state index in [-0.39, 0.29) is 17.9 Å².